The lowest BCUT2D eigenvalue weighted by Crippen LogP contribution is -2.42. The summed E-state index contributed by atoms with van der Waals surface area (Å²) in [4.78, 5) is 17.7. The van der Waals surface area contributed by atoms with Gasteiger partial charge in [0.1, 0.15) is 0 Å². The highest BCUT2D eigenvalue weighted by Crippen LogP contribution is 2.17. The fourth-order valence-corrected chi connectivity index (χ4v) is 3.04. The Morgan fingerprint density at radius 1 is 1.50 bits per heavy atom. The Kier molecular flexibility index (Phi) is 5.05. The van der Waals surface area contributed by atoms with Crippen LogP contribution in [0.2, 0.25) is 0 Å². The molecule has 1 fully saturated rings. The van der Waals surface area contributed by atoms with Crippen LogP contribution < -0.4 is 5.32 Å². The number of nitrogens with zero attached hydrogens (tertiary/aromatic N) is 2. The summed E-state index contributed by atoms with van der Waals surface area (Å²) in [6.45, 7) is 3.38. The third-order valence-electron chi connectivity index (χ3n) is 3.13. The van der Waals surface area contributed by atoms with Gasteiger partial charge in [-0.25, -0.2) is 9.37 Å². The number of carbonyl (C=O) groups excluding carboxylic acids is 1. The molecule has 1 N–H and O–H groups in total. The van der Waals surface area contributed by atoms with Crippen LogP contribution in [0.5, 0.6) is 0 Å². The van der Waals surface area contributed by atoms with Crippen molar-refractivity contribution in [1.29, 1.82) is 0 Å². The Morgan fingerprint density at radius 2 is 2.20 bits per heavy atom. The van der Waals surface area contributed by atoms with Gasteiger partial charge in [-0.1, -0.05) is 6.92 Å². The number of rotatable bonds is 4. The third-order valence-corrected chi connectivity index (χ3v) is 4.40. The van der Waals surface area contributed by atoms with E-state index < -0.39 is 16.6 Å². The van der Waals surface area contributed by atoms with Crippen LogP contribution in [-0.2, 0) is 10.8 Å². The Bertz CT molecular complexity index is 514. The lowest BCUT2D eigenvalue weighted by Gasteiger charge is -2.26. The van der Waals surface area contributed by atoms with Crippen molar-refractivity contribution < 1.29 is 13.4 Å². The highest BCUT2D eigenvalue weighted by Gasteiger charge is 2.24. The zero-order valence-corrected chi connectivity index (χ0v) is 12.2. The molecule has 5 nitrogen and oxygen atoms in total. The molecule has 0 aliphatic carbocycles. The van der Waals surface area contributed by atoms with Crippen LogP contribution in [0, 0.1) is 5.82 Å². The molecule has 2 heterocycles. The molecule has 1 aliphatic rings. The van der Waals surface area contributed by atoms with E-state index in [1.165, 1.54) is 12.3 Å². The highest BCUT2D eigenvalue weighted by atomic mass is 32.2. The molecule has 1 aromatic rings. The van der Waals surface area contributed by atoms with E-state index in [4.69, 9.17) is 0 Å². The number of carbonyl (C=O) groups is 1. The van der Waals surface area contributed by atoms with Crippen LogP contribution in [0.15, 0.2) is 12.3 Å². The summed E-state index contributed by atoms with van der Waals surface area (Å²) < 4.78 is 25.5. The fourth-order valence-electron chi connectivity index (χ4n) is 1.99. The first-order chi connectivity index (χ1) is 9.63. The molecular weight excluding hydrogens is 281 g/mol. The van der Waals surface area contributed by atoms with Crippen molar-refractivity contribution in [3.8, 4) is 0 Å². The topological polar surface area (TPSA) is 62.3 Å². The zero-order valence-electron chi connectivity index (χ0n) is 11.4. The summed E-state index contributed by atoms with van der Waals surface area (Å²) in [5.74, 6) is 0.0516. The molecule has 7 heteroatoms. The predicted octanol–water partition coefficient (Wildman–Crippen LogP) is 1.25. The first kappa shape index (κ1) is 14.9. The molecule has 1 saturated heterocycles. The van der Waals surface area contributed by atoms with Gasteiger partial charge in [0.2, 0.25) is 0 Å². The molecule has 2 rings (SSSR count). The van der Waals surface area contributed by atoms with Crippen molar-refractivity contribution in [3.05, 3.63) is 23.6 Å². The summed E-state index contributed by atoms with van der Waals surface area (Å²) in [5, 5.41) is 2.86. The van der Waals surface area contributed by atoms with Gasteiger partial charge >= 0.3 is 0 Å². The SMILES string of the molecule is CCCNc1nccc(C(=O)N2CCS(=O)CC2)c1F. The molecule has 0 saturated carbocycles. The Labute approximate surface area is 120 Å². The molecule has 0 bridgehead atoms. The van der Waals surface area contributed by atoms with Gasteiger partial charge in [-0.2, -0.15) is 0 Å². The fraction of sp³-hybridized carbons (Fsp3) is 0.538. The smallest absolute Gasteiger partial charge is 0.257 e. The average molecular weight is 299 g/mol. The minimum absolute atomic E-state index is 0.0197. The van der Waals surface area contributed by atoms with Gasteiger partial charge in [-0.15, -0.1) is 0 Å². The first-order valence-corrected chi connectivity index (χ1v) is 8.15. The molecule has 0 atom stereocenters. The number of amides is 1. The Morgan fingerprint density at radius 3 is 2.85 bits per heavy atom. The molecule has 0 radical (unpaired) electrons. The largest absolute Gasteiger partial charge is 0.368 e. The molecule has 110 valence electrons. The number of pyridine rings is 1. The molecule has 0 spiro atoms. The first-order valence-electron chi connectivity index (χ1n) is 6.66. The molecule has 1 aromatic heterocycles. The zero-order chi connectivity index (χ0) is 14.5. The van der Waals surface area contributed by atoms with E-state index >= 15 is 0 Å². The average Bonchev–Trinajstić information content (AvgIpc) is 2.46. The maximum absolute atomic E-state index is 14.2. The quantitative estimate of drug-likeness (QED) is 0.909. The van der Waals surface area contributed by atoms with E-state index in [1.54, 1.807) is 4.90 Å². The van der Waals surface area contributed by atoms with E-state index in [-0.39, 0.29) is 17.3 Å². The molecule has 1 amide bonds. The van der Waals surface area contributed by atoms with E-state index in [1.807, 2.05) is 6.92 Å². The van der Waals surface area contributed by atoms with Crippen molar-refractivity contribution in [2.24, 2.45) is 0 Å². The van der Waals surface area contributed by atoms with Crippen molar-refractivity contribution >= 4 is 22.5 Å². The van der Waals surface area contributed by atoms with E-state index in [9.17, 15) is 13.4 Å². The van der Waals surface area contributed by atoms with E-state index in [0.717, 1.165) is 6.42 Å². The molecular formula is C13H18FN3O2S. The summed E-state index contributed by atoms with van der Waals surface area (Å²) in [6, 6.07) is 1.39. The Hall–Kier alpha value is -1.50. The highest BCUT2D eigenvalue weighted by molar-refractivity contribution is 7.85. The second-order valence-corrected chi connectivity index (χ2v) is 6.28. The van der Waals surface area contributed by atoms with Gasteiger partial charge in [-0.3, -0.25) is 9.00 Å². The van der Waals surface area contributed by atoms with Crippen LogP contribution in [0.25, 0.3) is 0 Å². The summed E-state index contributed by atoms with van der Waals surface area (Å²) >= 11 is 0. The number of hydrogen-bond acceptors (Lipinski definition) is 4. The molecule has 0 unspecified atom stereocenters. The number of hydrogen-bond donors (Lipinski definition) is 1. The lowest BCUT2D eigenvalue weighted by molar-refractivity contribution is 0.0766. The van der Waals surface area contributed by atoms with Crippen LogP contribution in [0.1, 0.15) is 23.7 Å². The van der Waals surface area contributed by atoms with Crippen LogP contribution in [0.4, 0.5) is 10.2 Å². The van der Waals surface area contributed by atoms with Crippen LogP contribution >= 0.6 is 0 Å². The van der Waals surface area contributed by atoms with Crippen LogP contribution in [0.3, 0.4) is 0 Å². The van der Waals surface area contributed by atoms with Crippen molar-refractivity contribution in [3.63, 3.8) is 0 Å². The summed E-state index contributed by atoms with van der Waals surface area (Å²) in [5.41, 5.74) is 0.0197. The van der Waals surface area contributed by atoms with Crippen LogP contribution in [-0.4, -0.2) is 51.1 Å². The second-order valence-electron chi connectivity index (χ2n) is 4.59. The van der Waals surface area contributed by atoms with Gasteiger partial charge in [0.15, 0.2) is 11.6 Å². The second kappa shape index (κ2) is 6.78. The van der Waals surface area contributed by atoms with E-state index in [0.29, 0.717) is 31.1 Å². The maximum Gasteiger partial charge on any atom is 0.257 e. The number of aromatic nitrogens is 1. The van der Waals surface area contributed by atoms with Gasteiger partial charge < -0.3 is 10.2 Å². The predicted molar refractivity (Wildman–Crippen MR) is 76.8 cm³/mol. The summed E-state index contributed by atoms with van der Waals surface area (Å²) in [6.07, 6.45) is 2.27. The monoisotopic (exact) mass is 299 g/mol. The number of anilines is 1. The van der Waals surface area contributed by atoms with Crippen molar-refractivity contribution in [2.75, 3.05) is 36.5 Å². The molecule has 1 aliphatic heterocycles. The Balaban J connectivity index is 2.15. The molecule has 0 aromatic carbocycles. The number of halogens is 1. The molecule has 20 heavy (non-hydrogen) atoms. The number of nitrogens with one attached hydrogen (secondary N) is 1. The van der Waals surface area contributed by atoms with Gasteiger partial charge in [0.05, 0.1) is 5.56 Å². The van der Waals surface area contributed by atoms with Crippen molar-refractivity contribution in [1.82, 2.24) is 9.88 Å². The lowest BCUT2D eigenvalue weighted by atomic mass is 10.2. The third kappa shape index (κ3) is 3.33. The summed E-state index contributed by atoms with van der Waals surface area (Å²) in [7, 11) is -0.860. The minimum atomic E-state index is -0.860. The van der Waals surface area contributed by atoms with Gasteiger partial charge in [0.25, 0.3) is 5.91 Å². The van der Waals surface area contributed by atoms with E-state index in [2.05, 4.69) is 10.3 Å². The van der Waals surface area contributed by atoms with Gasteiger partial charge in [-0.05, 0) is 12.5 Å². The van der Waals surface area contributed by atoms with Gasteiger partial charge in [0, 0.05) is 48.1 Å². The van der Waals surface area contributed by atoms with Crippen molar-refractivity contribution in [2.45, 2.75) is 13.3 Å². The standard InChI is InChI=1S/C13H18FN3O2S/c1-2-4-15-12-11(14)10(3-5-16-12)13(18)17-6-8-20(19)9-7-17/h3,5H,2,4,6-9H2,1H3,(H,15,16). The normalized spacial score (nSPS) is 16.2. The maximum atomic E-state index is 14.2. The minimum Gasteiger partial charge on any atom is -0.368 e.